The van der Waals surface area contributed by atoms with Crippen LogP contribution in [-0.4, -0.2) is 57.1 Å². The van der Waals surface area contributed by atoms with Gasteiger partial charge >= 0.3 is 5.69 Å². The van der Waals surface area contributed by atoms with Crippen LogP contribution < -0.4 is 11.0 Å². The van der Waals surface area contributed by atoms with Crippen LogP contribution >= 0.6 is 8.53 Å². The van der Waals surface area contributed by atoms with E-state index in [-0.39, 0.29) is 23.9 Å². The van der Waals surface area contributed by atoms with Crippen molar-refractivity contribution in [2.75, 3.05) is 18.5 Å². The summed E-state index contributed by atoms with van der Waals surface area (Å²) in [5.41, 5.74) is 0.994. The first kappa shape index (κ1) is 26.0. The number of rotatable bonds is 6. The first-order valence-corrected chi connectivity index (χ1v) is 14.8. The molecule has 7 rings (SSSR count). The molecule has 1 amide bonds. The van der Waals surface area contributed by atoms with E-state index in [0.29, 0.717) is 17.7 Å². The topological polar surface area (TPSA) is 104 Å². The minimum atomic E-state index is -1.32. The summed E-state index contributed by atoms with van der Waals surface area (Å²) in [6, 6.07) is 19.4. The molecule has 0 saturated carbocycles. The number of nitrogens with zero attached hydrogens (tertiary/aromatic N) is 3. The van der Waals surface area contributed by atoms with Crippen molar-refractivity contribution in [3.63, 3.8) is 0 Å². The number of aryl methyl sites for hydroxylation is 1. The molecule has 4 saturated heterocycles. The van der Waals surface area contributed by atoms with Crippen LogP contribution in [0.5, 0.6) is 0 Å². The largest absolute Gasteiger partial charge is 0.368 e. The maximum absolute atomic E-state index is 13.2. The van der Waals surface area contributed by atoms with Crippen molar-refractivity contribution in [3.8, 4) is 0 Å². The van der Waals surface area contributed by atoms with Crippen LogP contribution in [0.15, 0.2) is 71.7 Å². The summed E-state index contributed by atoms with van der Waals surface area (Å²) in [6.45, 7) is 5.04. The highest BCUT2D eigenvalue weighted by atomic mass is 31.2. The van der Waals surface area contributed by atoms with Gasteiger partial charge in [0.25, 0.3) is 14.4 Å². The maximum atomic E-state index is 13.2. The Morgan fingerprint density at radius 2 is 1.90 bits per heavy atom. The van der Waals surface area contributed by atoms with E-state index in [9.17, 15) is 9.59 Å². The van der Waals surface area contributed by atoms with E-state index in [2.05, 4.69) is 27.1 Å². The van der Waals surface area contributed by atoms with E-state index in [1.54, 1.807) is 37.4 Å². The fourth-order valence-electron chi connectivity index (χ4n) is 6.11. The summed E-state index contributed by atoms with van der Waals surface area (Å²) in [4.78, 5) is 30.0. The SMILES string of the molecule is Cc1cn([C@@H]2O[C@]3(C)CO[C@H]2C3O[P@@]2O[C@H](c3ccccc3)[C@@H]3CCCN32)c(=O)nc1NC(=O)c1ccccc1. The molecule has 11 heteroatoms. The Kier molecular flexibility index (Phi) is 6.58. The maximum Gasteiger partial charge on any atom is 0.351 e. The summed E-state index contributed by atoms with van der Waals surface area (Å²) in [7, 11) is -1.32. The third-order valence-corrected chi connectivity index (χ3v) is 9.91. The number of carbonyl (C=O) groups is 1. The molecule has 40 heavy (non-hydrogen) atoms. The quantitative estimate of drug-likeness (QED) is 0.443. The molecule has 0 radical (unpaired) electrons. The fraction of sp³-hybridized carbons (Fsp3) is 0.414. The lowest BCUT2D eigenvalue weighted by Crippen LogP contribution is -2.39. The number of amides is 1. The Balaban J connectivity index is 1.10. The predicted molar refractivity (Wildman–Crippen MR) is 148 cm³/mol. The van der Waals surface area contributed by atoms with Crippen LogP contribution in [0, 0.1) is 6.92 Å². The van der Waals surface area contributed by atoms with Crippen LogP contribution in [-0.2, 0) is 18.5 Å². The van der Waals surface area contributed by atoms with Crippen LogP contribution in [0.2, 0.25) is 0 Å². The van der Waals surface area contributed by atoms with Gasteiger partial charge in [0.2, 0.25) is 0 Å². The average molecular weight is 563 g/mol. The molecule has 1 aromatic heterocycles. The van der Waals surface area contributed by atoms with Gasteiger partial charge in [-0.2, -0.15) is 4.98 Å². The Morgan fingerprint density at radius 1 is 1.15 bits per heavy atom. The minimum absolute atomic E-state index is 0.0348. The molecule has 2 aromatic carbocycles. The summed E-state index contributed by atoms with van der Waals surface area (Å²) in [6.07, 6.45) is 2.17. The first-order valence-electron chi connectivity index (χ1n) is 13.6. The number of benzene rings is 2. The van der Waals surface area contributed by atoms with Gasteiger partial charge in [0.1, 0.15) is 29.7 Å². The molecule has 4 fully saturated rings. The molecule has 3 aromatic rings. The number of carbonyl (C=O) groups excluding carboxylic acids is 1. The van der Waals surface area contributed by atoms with Crippen molar-refractivity contribution < 1.29 is 23.3 Å². The molecule has 208 valence electrons. The highest BCUT2D eigenvalue weighted by Crippen LogP contribution is 2.63. The molecule has 2 bridgehead atoms. The minimum Gasteiger partial charge on any atom is -0.368 e. The number of aromatic nitrogens is 2. The number of anilines is 1. The van der Waals surface area contributed by atoms with Crippen LogP contribution in [0.25, 0.3) is 0 Å². The summed E-state index contributed by atoms with van der Waals surface area (Å²) >= 11 is 0. The predicted octanol–water partition coefficient (Wildman–Crippen LogP) is 4.34. The zero-order valence-corrected chi connectivity index (χ0v) is 23.2. The Hall–Kier alpha value is -2.98. The van der Waals surface area contributed by atoms with Gasteiger partial charge in [-0.15, -0.1) is 0 Å². The summed E-state index contributed by atoms with van der Waals surface area (Å²) in [5.74, 6) is -0.116. The van der Waals surface area contributed by atoms with Gasteiger partial charge in [0.15, 0.2) is 6.23 Å². The van der Waals surface area contributed by atoms with Crippen LogP contribution in [0.3, 0.4) is 0 Å². The molecule has 4 aliphatic rings. The highest BCUT2D eigenvalue weighted by molar-refractivity contribution is 7.45. The number of ether oxygens (including phenoxy) is 2. The molecule has 1 N–H and O–H groups in total. The number of fused-ring (bicyclic) bond motifs is 3. The second kappa shape index (κ2) is 10.1. The van der Waals surface area contributed by atoms with Gasteiger partial charge in [-0.3, -0.25) is 9.36 Å². The monoisotopic (exact) mass is 562 g/mol. The van der Waals surface area contributed by atoms with Crippen molar-refractivity contribution >= 4 is 20.3 Å². The number of hydrogen-bond donors (Lipinski definition) is 1. The third-order valence-electron chi connectivity index (χ3n) is 8.18. The molecule has 7 atom stereocenters. The second-order valence-corrected chi connectivity index (χ2v) is 12.4. The molecule has 0 aliphatic carbocycles. The van der Waals surface area contributed by atoms with Crippen molar-refractivity contribution in [1.82, 2.24) is 14.2 Å². The van der Waals surface area contributed by atoms with Crippen molar-refractivity contribution in [2.45, 2.75) is 62.9 Å². The van der Waals surface area contributed by atoms with E-state index < -0.39 is 38.3 Å². The lowest BCUT2D eigenvalue weighted by Gasteiger charge is -2.29. The van der Waals surface area contributed by atoms with Gasteiger partial charge in [-0.05, 0) is 44.4 Å². The highest BCUT2D eigenvalue weighted by Gasteiger charge is 2.63. The van der Waals surface area contributed by atoms with Gasteiger partial charge in [0.05, 0.1) is 6.61 Å². The molecule has 0 spiro atoms. The molecular weight excluding hydrogens is 531 g/mol. The van der Waals surface area contributed by atoms with E-state index in [4.69, 9.17) is 18.5 Å². The third kappa shape index (κ3) is 4.40. The summed E-state index contributed by atoms with van der Waals surface area (Å²) in [5, 5.41) is 2.74. The Bertz CT molecular complexity index is 1470. The molecule has 4 aliphatic heterocycles. The Labute approximate surface area is 233 Å². The van der Waals surface area contributed by atoms with E-state index in [1.807, 2.05) is 31.2 Å². The number of hydrogen-bond acceptors (Lipinski definition) is 8. The molecule has 1 unspecified atom stereocenters. The summed E-state index contributed by atoms with van der Waals surface area (Å²) < 4.78 is 29.6. The smallest absolute Gasteiger partial charge is 0.351 e. The lowest BCUT2D eigenvalue weighted by molar-refractivity contribution is -0.167. The van der Waals surface area contributed by atoms with Crippen LogP contribution in [0.4, 0.5) is 5.82 Å². The molecular formula is C29H31N4O6P. The van der Waals surface area contributed by atoms with Gasteiger partial charge in [-0.25, -0.2) is 9.46 Å². The normalized spacial score (nSPS) is 32.9. The van der Waals surface area contributed by atoms with Crippen LogP contribution in [0.1, 0.15) is 53.6 Å². The van der Waals surface area contributed by atoms with E-state index in [0.717, 1.165) is 24.9 Å². The molecule has 5 heterocycles. The van der Waals surface area contributed by atoms with E-state index >= 15 is 0 Å². The zero-order valence-electron chi connectivity index (χ0n) is 22.3. The standard InChI is InChI=1S/C29H31N4O6P/c1-18-16-32(28(35)31-25(18)30-26(34)20-12-7-4-8-13-20)27-23-24(29(2,37-27)17-36-23)39-40-33-15-9-14-21(33)22(38-40)19-10-5-3-6-11-19/h3-8,10-13,16,21-24,27H,9,14-15,17H2,1-2H3,(H,30,31,34,35)/t21-,22+,23-,24?,27+,29+,40+/m0/s1. The Morgan fingerprint density at radius 3 is 2.67 bits per heavy atom. The van der Waals surface area contributed by atoms with Crippen molar-refractivity contribution in [3.05, 3.63) is 94.0 Å². The van der Waals surface area contributed by atoms with E-state index in [1.165, 1.54) is 4.57 Å². The van der Waals surface area contributed by atoms with Gasteiger partial charge in [-0.1, -0.05) is 48.5 Å². The average Bonchev–Trinajstić information content (AvgIpc) is 3.71. The van der Waals surface area contributed by atoms with Gasteiger partial charge in [0, 0.05) is 29.9 Å². The zero-order chi connectivity index (χ0) is 27.4. The molecule has 10 nitrogen and oxygen atoms in total. The lowest BCUT2D eigenvalue weighted by atomic mass is 10.0. The van der Waals surface area contributed by atoms with Gasteiger partial charge < -0.3 is 23.8 Å². The van der Waals surface area contributed by atoms with Crippen molar-refractivity contribution in [2.24, 2.45) is 0 Å². The second-order valence-electron chi connectivity index (χ2n) is 11.0. The van der Waals surface area contributed by atoms with Crippen molar-refractivity contribution in [1.29, 1.82) is 0 Å². The fourth-order valence-corrected chi connectivity index (χ4v) is 8.18. The first-order chi connectivity index (χ1) is 19.4. The number of nitrogens with one attached hydrogen (secondary N) is 1.